The molecule has 0 saturated heterocycles. The summed E-state index contributed by atoms with van der Waals surface area (Å²) in [5.41, 5.74) is 2.29. The van der Waals surface area contributed by atoms with Crippen LogP contribution in [0.4, 0.5) is 0 Å². The second-order valence-corrected chi connectivity index (χ2v) is 6.65. The number of aromatic amines is 1. The number of H-pyrrole nitrogens is 1. The van der Waals surface area contributed by atoms with Crippen molar-refractivity contribution in [2.24, 2.45) is 7.05 Å². The Balaban J connectivity index is 2.36. The predicted molar refractivity (Wildman–Crippen MR) is 93.1 cm³/mol. The predicted octanol–water partition coefficient (Wildman–Crippen LogP) is 3.07. The van der Waals surface area contributed by atoms with E-state index in [9.17, 15) is 13.7 Å². The number of benzene rings is 1. The largest absolute Gasteiger partial charge is 0.299 e. The van der Waals surface area contributed by atoms with Crippen molar-refractivity contribution < 1.29 is 8.42 Å². The molecule has 2 aromatic heterocycles. The summed E-state index contributed by atoms with van der Waals surface area (Å²) in [6.07, 6.45) is 0. The molecule has 0 radical (unpaired) electrons. The second kappa shape index (κ2) is 6.72. The molecule has 3 aromatic rings. The van der Waals surface area contributed by atoms with Gasteiger partial charge in [0.25, 0.3) is 15.1 Å². The molecule has 0 aliphatic heterocycles. The minimum Gasteiger partial charge on any atom is -0.299 e. The summed E-state index contributed by atoms with van der Waals surface area (Å²) < 4.78 is 23.8. The third-order valence-electron chi connectivity index (χ3n) is 3.50. The smallest absolute Gasteiger partial charge is 0.257 e. The van der Waals surface area contributed by atoms with Crippen LogP contribution in [-0.4, -0.2) is 28.2 Å². The molecule has 1 aromatic carbocycles. The van der Waals surface area contributed by atoms with E-state index in [0.717, 1.165) is 0 Å². The van der Waals surface area contributed by atoms with Crippen LogP contribution in [0.1, 0.15) is 5.56 Å². The molecule has 0 aliphatic carbocycles. The van der Waals surface area contributed by atoms with Crippen LogP contribution in [-0.2, 0) is 17.3 Å². The average molecular weight is 394 g/mol. The summed E-state index contributed by atoms with van der Waals surface area (Å²) >= 11 is 12.0. The Morgan fingerprint density at radius 2 is 1.84 bits per heavy atom. The molecular weight excluding hydrogens is 385 g/mol. The molecule has 10 heteroatoms. The maximum Gasteiger partial charge on any atom is 0.257 e. The summed E-state index contributed by atoms with van der Waals surface area (Å²) in [4.78, 5) is 3.91. The fourth-order valence-electron chi connectivity index (χ4n) is 2.41. The highest BCUT2D eigenvalue weighted by Gasteiger charge is 2.15. The number of halogens is 2. The van der Waals surface area contributed by atoms with E-state index in [1.54, 1.807) is 37.4 Å². The van der Waals surface area contributed by atoms with Crippen LogP contribution < -0.4 is 0 Å². The molecule has 2 heterocycles. The van der Waals surface area contributed by atoms with Crippen molar-refractivity contribution in [3.05, 3.63) is 51.0 Å². The fraction of sp³-hybridized carbons (Fsp3) is 0.0667. The number of nitrogens with one attached hydrogen (secondary N) is 1. The topological polar surface area (TPSA) is 104 Å². The lowest BCUT2D eigenvalue weighted by atomic mass is 9.98. The number of nitriles is 1. The number of nitrogens with zero attached hydrogens (tertiary/aromatic N) is 4. The zero-order valence-electron chi connectivity index (χ0n) is 12.7. The highest BCUT2D eigenvalue weighted by atomic mass is 35.5. The van der Waals surface area contributed by atoms with E-state index in [4.69, 9.17) is 23.2 Å². The number of aromatic nitrogens is 4. The highest BCUT2D eigenvalue weighted by Crippen LogP contribution is 2.33. The molecule has 0 unspecified atom stereocenters. The number of rotatable bonds is 2. The Labute approximate surface area is 153 Å². The molecule has 0 fully saturated rings. The van der Waals surface area contributed by atoms with E-state index in [1.807, 2.05) is 0 Å². The Bertz CT molecular complexity index is 1180. The van der Waals surface area contributed by atoms with Crippen LogP contribution in [0.25, 0.3) is 22.5 Å². The van der Waals surface area contributed by atoms with Gasteiger partial charge >= 0.3 is 0 Å². The first-order valence-corrected chi connectivity index (χ1v) is 8.65. The Hall–Kier alpha value is -2.60. The van der Waals surface area contributed by atoms with Crippen LogP contribution in [0.2, 0.25) is 10.3 Å². The third-order valence-corrected chi connectivity index (χ3v) is 4.57. The van der Waals surface area contributed by atoms with Gasteiger partial charge in [0.1, 0.15) is 10.3 Å². The lowest BCUT2D eigenvalue weighted by Crippen LogP contribution is -1.97. The lowest BCUT2D eigenvalue weighted by Gasteiger charge is -2.10. The van der Waals surface area contributed by atoms with E-state index in [1.165, 1.54) is 4.57 Å². The van der Waals surface area contributed by atoms with E-state index < -0.39 is 10.3 Å². The molecule has 0 bridgehead atoms. The van der Waals surface area contributed by atoms with Crippen molar-refractivity contribution in [2.45, 2.75) is 0 Å². The Kier molecular flexibility index (Phi) is 4.63. The standard InChI is InChI=1S/C15H9Cl2N5O2S/c1-22-14(20-21-15(22)25(23)24)11-4-8(7-18)2-3-10(11)9-5-12(16)19-13(17)6-9/h2-6,21H,1H3. The van der Waals surface area contributed by atoms with Gasteiger partial charge in [0.05, 0.1) is 11.6 Å². The molecule has 3 rings (SSSR count). The minimum absolute atomic E-state index is 0.0888. The molecule has 25 heavy (non-hydrogen) atoms. The summed E-state index contributed by atoms with van der Waals surface area (Å²) in [5.74, 6) is 0.343. The van der Waals surface area contributed by atoms with Gasteiger partial charge in [0.2, 0.25) is 0 Å². The zero-order chi connectivity index (χ0) is 18.1. The number of hydrogen-bond donors (Lipinski definition) is 1. The van der Waals surface area contributed by atoms with Crippen molar-refractivity contribution in [1.82, 2.24) is 19.7 Å². The van der Waals surface area contributed by atoms with E-state index in [2.05, 4.69) is 21.3 Å². The fourth-order valence-corrected chi connectivity index (χ4v) is 3.30. The lowest BCUT2D eigenvalue weighted by molar-refractivity contribution is 0.621. The van der Waals surface area contributed by atoms with E-state index in [-0.39, 0.29) is 15.1 Å². The van der Waals surface area contributed by atoms with Crippen molar-refractivity contribution >= 4 is 33.5 Å². The molecular formula is C15H9Cl2N5O2S. The van der Waals surface area contributed by atoms with E-state index >= 15 is 0 Å². The van der Waals surface area contributed by atoms with Crippen LogP contribution in [0.15, 0.2) is 30.3 Å². The molecule has 0 aliphatic rings. The summed E-state index contributed by atoms with van der Waals surface area (Å²) in [6, 6.07) is 10.3. The molecule has 0 saturated carbocycles. The first kappa shape index (κ1) is 17.2. The maximum atomic E-state index is 11.2. The van der Waals surface area contributed by atoms with Crippen LogP contribution in [0.5, 0.6) is 0 Å². The van der Waals surface area contributed by atoms with Gasteiger partial charge in [-0.15, -0.1) is 0 Å². The van der Waals surface area contributed by atoms with Crippen molar-refractivity contribution in [3.8, 4) is 28.6 Å². The van der Waals surface area contributed by atoms with Crippen molar-refractivity contribution in [3.63, 3.8) is 0 Å². The molecule has 126 valence electrons. The molecule has 0 spiro atoms. The first-order chi connectivity index (χ1) is 11.9. The SMILES string of the molecule is Cn1c(-c2cc(C#N)ccc2-c2cc(Cl)nc(Cl)c2)n[nH]c1=S(=O)=O. The normalized spacial score (nSPS) is 10.5. The van der Waals surface area contributed by atoms with Gasteiger partial charge < -0.3 is 0 Å². The summed E-state index contributed by atoms with van der Waals surface area (Å²) in [5, 5.41) is 16.1. The maximum absolute atomic E-state index is 11.2. The van der Waals surface area contributed by atoms with Gasteiger partial charge in [0, 0.05) is 12.6 Å². The van der Waals surface area contributed by atoms with Gasteiger partial charge in [-0.1, -0.05) is 29.3 Å². The Morgan fingerprint density at radius 1 is 1.16 bits per heavy atom. The van der Waals surface area contributed by atoms with Gasteiger partial charge in [-0.2, -0.15) is 18.8 Å². The molecule has 7 nitrogen and oxygen atoms in total. The summed E-state index contributed by atoms with van der Waals surface area (Å²) in [7, 11) is -0.926. The first-order valence-electron chi connectivity index (χ1n) is 6.82. The van der Waals surface area contributed by atoms with Crippen LogP contribution in [0, 0.1) is 16.1 Å². The zero-order valence-corrected chi connectivity index (χ0v) is 15.0. The quantitative estimate of drug-likeness (QED) is 0.531. The van der Waals surface area contributed by atoms with Gasteiger partial charge in [-0.3, -0.25) is 4.57 Å². The van der Waals surface area contributed by atoms with Gasteiger partial charge in [0.15, 0.2) is 5.82 Å². The van der Waals surface area contributed by atoms with Crippen LogP contribution in [0.3, 0.4) is 0 Å². The third kappa shape index (κ3) is 3.30. The number of hydrogen-bond acceptors (Lipinski definition) is 5. The Morgan fingerprint density at radius 3 is 2.40 bits per heavy atom. The molecule has 1 N–H and O–H groups in total. The minimum atomic E-state index is -2.48. The monoisotopic (exact) mass is 393 g/mol. The van der Waals surface area contributed by atoms with E-state index in [0.29, 0.717) is 28.1 Å². The molecule has 0 atom stereocenters. The highest BCUT2D eigenvalue weighted by molar-refractivity contribution is 7.63. The van der Waals surface area contributed by atoms with Crippen molar-refractivity contribution in [1.29, 1.82) is 5.26 Å². The molecule has 0 amide bonds. The second-order valence-electron chi connectivity index (χ2n) is 5.02. The van der Waals surface area contributed by atoms with Crippen molar-refractivity contribution in [2.75, 3.05) is 0 Å². The van der Waals surface area contributed by atoms with Crippen LogP contribution >= 0.6 is 23.2 Å². The van der Waals surface area contributed by atoms with Gasteiger partial charge in [-0.05, 0) is 35.4 Å². The summed E-state index contributed by atoms with van der Waals surface area (Å²) in [6.45, 7) is 0. The number of pyridine rings is 1. The van der Waals surface area contributed by atoms with Gasteiger partial charge in [-0.25, -0.2) is 10.1 Å². The average Bonchev–Trinajstić information content (AvgIpc) is 2.95.